The quantitative estimate of drug-likeness (QED) is 0.635. The van der Waals surface area contributed by atoms with Gasteiger partial charge in [0.1, 0.15) is 0 Å². The number of rotatable bonds is 7. The zero-order chi connectivity index (χ0) is 24.7. The van der Waals surface area contributed by atoms with Gasteiger partial charge in [0.25, 0.3) is 0 Å². The molecule has 2 aromatic rings. The lowest BCUT2D eigenvalue weighted by Gasteiger charge is -2.40. The molecule has 1 aliphatic heterocycles. The van der Waals surface area contributed by atoms with Crippen LogP contribution in [0.4, 0.5) is 13.2 Å². The lowest BCUT2D eigenvalue weighted by atomic mass is 9.75. The van der Waals surface area contributed by atoms with E-state index in [-0.39, 0.29) is 24.3 Å². The smallest absolute Gasteiger partial charge is 0.383 e. The number of benzene rings is 1. The molecule has 1 fully saturated rings. The number of alkyl halides is 3. The molecule has 3 rings (SSSR count). The molecule has 0 saturated carbocycles. The van der Waals surface area contributed by atoms with Crippen LogP contribution in [0.25, 0.3) is 0 Å². The number of sulfone groups is 1. The standard InChI is InChI=1S/C24H31F3N2O3S/c1-17-5-8-19(15-28-17)22(2,3)29-14-13-23(16-29,21(30)24(25,26)27)12-11-18-6-9-20(10-7-18)33(4,31)32/h5-10,15,21,30H,11-14,16H2,1-4H3/t21?,23-/m1/s1. The number of hydrogen-bond acceptors (Lipinski definition) is 5. The molecule has 2 heterocycles. The highest BCUT2D eigenvalue weighted by molar-refractivity contribution is 7.90. The molecule has 0 radical (unpaired) electrons. The van der Waals surface area contributed by atoms with Crippen molar-refractivity contribution in [2.75, 3.05) is 19.3 Å². The Morgan fingerprint density at radius 3 is 2.30 bits per heavy atom. The van der Waals surface area contributed by atoms with Crippen molar-refractivity contribution in [1.29, 1.82) is 0 Å². The summed E-state index contributed by atoms with van der Waals surface area (Å²) in [6.07, 6.45) is -3.68. The third-order valence-corrected chi connectivity index (χ3v) is 8.08. The van der Waals surface area contributed by atoms with Crippen LogP contribution < -0.4 is 0 Å². The number of nitrogens with zero attached hydrogens (tertiary/aromatic N) is 2. The molecule has 2 atom stereocenters. The van der Waals surface area contributed by atoms with Gasteiger partial charge in [0, 0.05) is 35.6 Å². The van der Waals surface area contributed by atoms with Crippen molar-refractivity contribution in [1.82, 2.24) is 9.88 Å². The number of aryl methyl sites for hydroxylation is 2. The average molecular weight is 485 g/mol. The Hall–Kier alpha value is -1.97. The first-order valence-electron chi connectivity index (χ1n) is 10.9. The second kappa shape index (κ2) is 9.00. The minimum atomic E-state index is -4.73. The minimum Gasteiger partial charge on any atom is -0.383 e. The van der Waals surface area contributed by atoms with E-state index < -0.39 is 33.1 Å². The maximum atomic E-state index is 13.7. The summed E-state index contributed by atoms with van der Waals surface area (Å²) in [7, 11) is -3.35. The monoisotopic (exact) mass is 484 g/mol. The molecule has 1 aromatic heterocycles. The highest BCUT2D eigenvalue weighted by atomic mass is 32.2. The van der Waals surface area contributed by atoms with E-state index in [1.54, 1.807) is 18.3 Å². The zero-order valence-electron chi connectivity index (χ0n) is 19.4. The molecular formula is C24H31F3N2O3S. The number of likely N-dealkylation sites (tertiary alicyclic amines) is 1. The van der Waals surface area contributed by atoms with Crippen molar-refractivity contribution in [3.8, 4) is 0 Å². The molecular weight excluding hydrogens is 453 g/mol. The minimum absolute atomic E-state index is 0.0932. The lowest BCUT2D eigenvalue weighted by molar-refractivity contribution is -0.239. The van der Waals surface area contributed by atoms with E-state index in [1.165, 1.54) is 12.1 Å². The van der Waals surface area contributed by atoms with Crippen LogP contribution in [-0.2, 0) is 21.8 Å². The molecule has 1 saturated heterocycles. The molecule has 0 bridgehead atoms. The molecule has 0 amide bonds. The van der Waals surface area contributed by atoms with Crippen molar-refractivity contribution in [2.45, 2.75) is 62.7 Å². The van der Waals surface area contributed by atoms with Gasteiger partial charge in [0.05, 0.1) is 4.90 Å². The van der Waals surface area contributed by atoms with E-state index in [0.717, 1.165) is 23.1 Å². The third-order valence-electron chi connectivity index (χ3n) is 6.95. The van der Waals surface area contributed by atoms with E-state index in [0.29, 0.717) is 13.0 Å². The predicted molar refractivity (Wildman–Crippen MR) is 121 cm³/mol. The molecule has 5 nitrogen and oxygen atoms in total. The Kier molecular flexibility index (Phi) is 6.99. The number of halogens is 3. The van der Waals surface area contributed by atoms with Gasteiger partial charge in [-0.2, -0.15) is 13.2 Å². The summed E-state index contributed by atoms with van der Waals surface area (Å²) in [4.78, 5) is 6.48. The van der Waals surface area contributed by atoms with E-state index in [2.05, 4.69) is 4.98 Å². The van der Waals surface area contributed by atoms with Crippen molar-refractivity contribution in [2.24, 2.45) is 5.41 Å². The van der Waals surface area contributed by atoms with Gasteiger partial charge < -0.3 is 5.11 Å². The van der Waals surface area contributed by atoms with Gasteiger partial charge in [0.15, 0.2) is 15.9 Å². The predicted octanol–water partition coefficient (Wildman–Crippen LogP) is 4.28. The van der Waals surface area contributed by atoms with Crippen LogP contribution in [0.15, 0.2) is 47.5 Å². The largest absolute Gasteiger partial charge is 0.414 e. The third kappa shape index (κ3) is 5.58. The summed E-state index contributed by atoms with van der Waals surface area (Å²) in [5, 5.41) is 10.4. The van der Waals surface area contributed by atoms with Crippen LogP contribution in [-0.4, -0.2) is 55.0 Å². The van der Waals surface area contributed by atoms with Crippen LogP contribution in [0.5, 0.6) is 0 Å². The first-order valence-corrected chi connectivity index (χ1v) is 12.8. The molecule has 1 aliphatic rings. The van der Waals surface area contributed by atoms with Gasteiger partial charge >= 0.3 is 6.18 Å². The van der Waals surface area contributed by atoms with E-state index in [1.807, 2.05) is 37.8 Å². The first kappa shape index (κ1) is 25.6. The fourth-order valence-corrected chi connectivity index (χ4v) is 5.22. The van der Waals surface area contributed by atoms with Gasteiger partial charge in [-0.05, 0) is 75.9 Å². The maximum Gasteiger partial charge on any atom is 0.414 e. The number of aliphatic hydroxyl groups is 1. The van der Waals surface area contributed by atoms with Crippen LogP contribution in [0.1, 0.15) is 43.5 Å². The van der Waals surface area contributed by atoms with Crippen LogP contribution in [0.2, 0.25) is 0 Å². The fraction of sp³-hybridized carbons (Fsp3) is 0.542. The highest BCUT2D eigenvalue weighted by Crippen LogP contribution is 2.47. The van der Waals surface area contributed by atoms with E-state index in [4.69, 9.17) is 0 Å². The second-order valence-electron chi connectivity index (χ2n) is 9.64. The molecule has 1 unspecified atom stereocenters. The Labute approximate surface area is 193 Å². The topological polar surface area (TPSA) is 70.5 Å². The molecule has 182 valence electrons. The Morgan fingerprint density at radius 2 is 1.79 bits per heavy atom. The fourth-order valence-electron chi connectivity index (χ4n) is 4.59. The summed E-state index contributed by atoms with van der Waals surface area (Å²) in [5.74, 6) is 0. The van der Waals surface area contributed by atoms with Gasteiger partial charge in [-0.25, -0.2) is 8.42 Å². The summed E-state index contributed by atoms with van der Waals surface area (Å²) in [5.41, 5.74) is 0.590. The number of aliphatic hydroxyl groups excluding tert-OH is 1. The van der Waals surface area contributed by atoms with Crippen molar-refractivity contribution >= 4 is 9.84 Å². The maximum absolute atomic E-state index is 13.7. The highest BCUT2D eigenvalue weighted by Gasteiger charge is 2.56. The van der Waals surface area contributed by atoms with Crippen molar-refractivity contribution in [3.05, 3.63) is 59.4 Å². The lowest BCUT2D eigenvalue weighted by Crippen LogP contribution is -2.49. The molecule has 33 heavy (non-hydrogen) atoms. The molecule has 9 heteroatoms. The molecule has 0 aliphatic carbocycles. The number of pyridine rings is 1. The number of hydrogen-bond donors (Lipinski definition) is 1. The van der Waals surface area contributed by atoms with Crippen LogP contribution in [0.3, 0.4) is 0 Å². The van der Waals surface area contributed by atoms with Gasteiger partial charge in [-0.1, -0.05) is 18.2 Å². The first-order chi connectivity index (χ1) is 15.1. The normalized spacial score (nSPS) is 21.3. The Bertz CT molecular complexity index is 1070. The summed E-state index contributed by atoms with van der Waals surface area (Å²) < 4.78 is 64.4. The molecule has 0 spiro atoms. The Balaban J connectivity index is 1.84. The summed E-state index contributed by atoms with van der Waals surface area (Å²) in [6, 6.07) is 9.99. The van der Waals surface area contributed by atoms with Gasteiger partial charge in [-0.15, -0.1) is 0 Å². The van der Waals surface area contributed by atoms with E-state index >= 15 is 0 Å². The SMILES string of the molecule is Cc1ccc(C(C)(C)N2CC[C@@](CCc3ccc(S(C)(=O)=O)cc3)(C(O)C(F)(F)F)C2)cn1. The van der Waals surface area contributed by atoms with Crippen LogP contribution in [0, 0.1) is 12.3 Å². The zero-order valence-corrected chi connectivity index (χ0v) is 20.2. The molecule has 1 N–H and O–H groups in total. The Morgan fingerprint density at radius 1 is 1.15 bits per heavy atom. The average Bonchev–Trinajstić information content (AvgIpc) is 3.17. The second-order valence-corrected chi connectivity index (χ2v) is 11.7. The molecule has 1 aromatic carbocycles. The van der Waals surface area contributed by atoms with Crippen LogP contribution >= 0.6 is 0 Å². The van der Waals surface area contributed by atoms with E-state index in [9.17, 15) is 26.7 Å². The van der Waals surface area contributed by atoms with Crippen molar-refractivity contribution in [3.63, 3.8) is 0 Å². The van der Waals surface area contributed by atoms with Gasteiger partial charge in [-0.3, -0.25) is 9.88 Å². The van der Waals surface area contributed by atoms with Crippen molar-refractivity contribution < 1.29 is 26.7 Å². The van der Waals surface area contributed by atoms with Gasteiger partial charge in [0.2, 0.25) is 0 Å². The summed E-state index contributed by atoms with van der Waals surface area (Å²) in [6.45, 7) is 6.30. The summed E-state index contributed by atoms with van der Waals surface area (Å²) >= 11 is 0. The number of aromatic nitrogens is 1.